The highest BCUT2D eigenvalue weighted by atomic mass is 16.6. The third kappa shape index (κ3) is 4.85. The zero-order chi connectivity index (χ0) is 17.0. The van der Waals surface area contributed by atoms with Crippen LogP contribution >= 0.6 is 0 Å². The number of aryl methyl sites for hydroxylation is 1. The van der Waals surface area contributed by atoms with E-state index < -0.39 is 5.60 Å². The molecule has 1 aliphatic heterocycles. The lowest BCUT2D eigenvalue weighted by molar-refractivity contribution is 0.0199. The van der Waals surface area contributed by atoms with Crippen LogP contribution in [-0.2, 0) is 4.74 Å². The minimum absolute atomic E-state index is 0.243. The summed E-state index contributed by atoms with van der Waals surface area (Å²) in [5.74, 6) is 6.99. The Morgan fingerprint density at radius 1 is 1.35 bits per heavy atom. The average Bonchev–Trinajstić information content (AvgIpc) is 2.45. The summed E-state index contributed by atoms with van der Waals surface area (Å²) in [6.45, 7) is 8.81. The highest BCUT2D eigenvalue weighted by Crippen LogP contribution is 2.19. The maximum Gasteiger partial charge on any atom is 0.410 e. The molecular formula is C17H24N4O2. The second-order valence-electron chi connectivity index (χ2n) is 6.73. The molecule has 6 nitrogen and oxygen atoms in total. The molecule has 1 aromatic heterocycles. The van der Waals surface area contributed by atoms with E-state index in [1.165, 1.54) is 6.33 Å². The van der Waals surface area contributed by atoms with Gasteiger partial charge in [0.25, 0.3) is 0 Å². The minimum Gasteiger partial charge on any atom is -0.444 e. The predicted molar refractivity (Wildman–Crippen MR) is 88.6 cm³/mol. The third-order valence-electron chi connectivity index (χ3n) is 3.61. The fraction of sp³-hybridized carbons (Fsp3) is 0.588. The standard InChI is InChI=1S/C17H24N4O2/c1-12-14(15(18)20-11-19-12)6-5-13-7-9-21(10-8-13)16(22)23-17(2,3)4/h11,13H,7-10H2,1-4H3,(H2,18,19,20). The van der Waals surface area contributed by atoms with Crippen LogP contribution in [0.15, 0.2) is 6.33 Å². The molecule has 1 aliphatic rings. The van der Waals surface area contributed by atoms with Crippen LogP contribution in [0.1, 0.15) is 44.9 Å². The number of hydrogen-bond acceptors (Lipinski definition) is 5. The predicted octanol–water partition coefficient (Wildman–Crippen LogP) is 2.37. The number of hydrogen-bond donors (Lipinski definition) is 1. The number of nitrogens with zero attached hydrogens (tertiary/aromatic N) is 3. The molecule has 2 N–H and O–H groups in total. The molecule has 2 rings (SSSR count). The van der Waals surface area contributed by atoms with Crippen LogP contribution in [0.2, 0.25) is 0 Å². The lowest BCUT2D eigenvalue weighted by Crippen LogP contribution is -2.41. The molecule has 1 saturated heterocycles. The Bertz CT molecular complexity index is 612. The van der Waals surface area contributed by atoms with Crippen molar-refractivity contribution in [1.82, 2.24) is 14.9 Å². The van der Waals surface area contributed by atoms with E-state index in [9.17, 15) is 4.79 Å². The largest absolute Gasteiger partial charge is 0.444 e. The molecule has 6 heteroatoms. The first kappa shape index (κ1) is 17.1. The van der Waals surface area contributed by atoms with Crippen molar-refractivity contribution < 1.29 is 9.53 Å². The van der Waals surface area contributed by atoms with Gasteiger partial charge in [0, 0.05) is 19.0 Å². The SMILES string of the molecule is Cc1ncnc(N)c1C#CC1CCN(C(=O)OC(C)(C)C)CC1. The molecule has 0 radical (unpaired) electrons. The zero-order valence-corrected chi connectivity index (χ0v) is 14.2. The number of ether oxygens (including phenoxy) is 1. The molecule has 0 aromatic carbocycles. The van der Waals surface area contributed by atoms with Crippen molar-refractivity contribution in [1.29, 1.82) is 0 Å². The number of carbonyl (C=O) groups excluding carboxylic acids is 1. The number of carbonyl (C=O) groups is 1. The van der Waals surface area contributed by atoms with Gasteiger partial charge in [-0.1, -0.05) is 11.8 Å². The van der Waals surface area contributed by atoms with Crippen molar-refractivity contribution in [2.75, 3.05) is 18.8 Å². The number of likely N-dealkylation sites (tertiary alicyclic amines) is 1. The summed E-state index contributed by atoms with van der Waals surface area (Å²) < 4.78 is 5.39. The molecule has 124 valence electrons. The fourth-order valence-corrected chi connectivity index (χ4v) is 2.35. The van der Waals surface area contributed by atoms with Crippen LogP contribution in [0.25, 0.3) is 0 Å². The van der Waals surface area contributed by atoms with Crippen molar-refractivity contribution in [2.24, 2.45) is 5.92 Å². The van der Waals surface area contributed by atoms with E-state index in [0.717, 1.165) is 18.5 Å². The van der Waals surface area contributed by atoms with Crippen molar-refractivity contribution >= 4 is 11.9 Å². The quantitative estimate of drug-likeness (QED) is 0.743. The van der Waals surface area contributed by atoms with E-state index in [2.05, 4.69) is 21.8 Å². The molecule has 0 aliphatic carbocycles. The highest BCUT2D eigenvalue weighted by molar-refractivity contribution is 5.68. The first-order valence-corrected chi connectivity index (χ1v) is 7.83. The number of piperidine rings is 1. The van der Waals surface area contributed by atoms with Gasteiger partial charge in [-0.2, -0.15) is 0 Å². The molecule has 0 bridgehead atoms. The Morgan fingerprint density at radius 3 is 2.57 bits per heavy atom. The molecule has 1 fully saturated rings. The number of rotatable bonds is 0. The normalized spacial score (nSPS) is 15.7. The molecule has 0 atom stereocenters. The zero-order valence-electron chi connectivity index (χ0n) is 14.2. The lowest BCUT2D eigenvalue weighted by atomic mass is 9.97. The van der Waals surface area contributed by atoms with Crippen LogP contribution in [0.4, 0.5) is 10.6 Å². The Balaban J connectivity index is 1.93. The van der Waals surface area contributed by atoms with E-state index in [1.807, 2.05) is 27.7 Å². The van der Waals surface area contributed by atoms with Crippen molar-refractivity contribution in [3.63, 3.8) is 0 Å². The van der Waals surface area contributed by atoms with Gasteiger partial charge in [0.05, 0.1) is 11.3 Å². The fourth-order valence-electron chi connectivity index (χ4n) is 2.35. The van der Waals surface area contributed by atoms with Crippen LogP contribution in [0, 0.1) is 24.7 Å². The topological polar surface area (TPSA) is 81.3 Å². The summed E-state index contributed by atoms with van der Waals surface area (Å²) in [7, 11) is 0. The molecule has 0 saturated carbocycles. The van der Waals surface area contributed by atoms with Crippen molar-refractivity contribution in [3.05, 3.63) is 17.6 Å². The second-order valence-corrected chi connectivity index (χ2v) is 6.73. The first-order chi connectivity index (χ1) is 10.8. The van der Waals surface area contributed by atoms with Crippen LogP contribution in [0.3, 0.4) is 0 Å². The van der Waals surface area contributed by atoms with E-state index in [1.54, 1.807) is 4.90 Å². The van der Waals surface area contributed by atoms with Crippen molar-refractivity contribution in [2.45, 2.75) is 46.1 Å². The summed E-state index contributed by atoms with van der Waals surface area (Å²) in [6, 6.07) is 0. The molecule has 0 spiro atoms. The third-order valence-corrected chi connectivity index (χ3v) is 3.61. The maximum absolute atomic E-state index is 12.0. The number of nitrogen functional groups attached to an aromatic ring is 1. The van der Waals surface area contributed by atoms with E-state index in [0.29, 0.717) is 24.5 Å². The van der Waals surface area contributed by atoms with Gasteiger partial charge in [-0.25, -0.2) is 14.8 Å². The number of amides is 1. The molecule has 0 unspecified atom stereocenters. The Kier molecular flexibility index (Phi) is 5.09. The van der Waals surface area contributed by atoms with Gasteiger partial charge in [0.2, 0.25) is 0 Å². The number of anilines is 1. The van der Waals surface area contributed by atoms with Gasteiger partial charge < -0.3 is 15.4 Å². The molecular weight excluding hydrogens is 292 g/mol. The van der Waals surface area contributed by atoms with Crippen LogP contribution in [0.5, 0.6) is 0 Å². The van der Waals surface area contributed by atoms with E-state index in [-0.39, 0.29) is 12.0 Å². The maximum atomic E-state index is 12.0. The van der Waals surface area contributed by atoms with Crippen LogP contribution < -0.4 is 5.73 Å². The van der Waals surface area contributed by atoms with Crippen LogP contribution in [-0.4, -0.2) is 39.7 Å². The van der Waals surface area contributed by atoms with Gasteiger partial charge in [0.1, 0.15) is 17.7 Å². The summed E-state index contributed by atoms with van der Waals surface area (Å²) in [6.07, 6.45) is 2.85. The summed E-state index contributed by atoms with van der Waals surface area (Å²) >= 11 is 0. The monoisotopic (exact) mass is 316 g/mol. The second kappa shape index (κ2) is 6.86. The summed E-state index contributed by atoms with van der Waals surface area (Å²) in [5, 5.41) is 0. The average molecular weight is 316 g/mol. The summed E-state index contributed by atoms with van der Waals surface area (Å²) in [5.41, 5.74) is 6.86. The Morgan fingerprint density at radius 2 is 2.00 bits per heavy atom. The Hall–Kier alpha value is -2.29. The van der Waals surface area contributed by atoms with Gasteiger partial charge in [-0.15, -0.1) is 0 Å². The van der Waals surface area contributed by atoms with Crippen molar-refractivity contribution in [3.8, 4) is 11.8 Å². The smallest absolute Gasteiger partial charge is 0.410 e. The molecule has 1 aromatic rings. The Labute approximate surface area is 137 Å². The van der Waals surface area contributed by atoms with Gasteiger partial charge in [-0.05, 0) is 40.5 Å². The molecule has 1 amide bonds. The minimum atomic E-state index is -0.462. The number of aromatic nitrogens is 2. The van der Waals surface area contributed by atoms with Gasteiger partial charge >= 0.3 is 6.09 Å². The highest BCUT2D eigenvalue weighted by Gasteiger charge is 2.26. The molecule has 2 heterocycles. The molecule has 23 heavy (non-hydrogen) atoms. The van der Waals surface area contributed by atoms with E-state index >= 15 is 0 Å². The first-order valence-electron chi connectivity index (χ1n) is 7.83. The van der Waals surface area contributed by atoms with E-state index in [4.69, 9.17) is 10.5 Å². The lowest BCUT2D eigenvalue weighted by Gasteiger charge is -2.31. The summed E-state index contributed by atoms with van der Waals surface area (Å²) in [4.78, 5) is 21.8. The number of nitrogens with two attached hydrogens (primary N) is 1. The van der Waals surface area contributed by atoms with Gasteiger partial charge in [0.15, 0.2) is 0 Å². The van der Waals surface area contributed by atoms with Gasteiger partial charge in [-0.3, -0.25) is 0 Å².